The Morgan fingerprint density at radius 2 is 1.79 bits per heavy atom. The lowest BCUT2D eigenvalue weighted by molar-refractivity contribution is 0.103. The molecule has 98 valence electrons. The van der Waals surface area contributed by atoms with Gasteiger partial charge in [-0.05, 0) is 40.2 Å². The smallest absolute Gasteiger partial charge is 0.194 e. The van der Waals surface area contributed by atoms with Gasteiger partial charge in [-0.15, -0.1) is 0 Å². The van der Waals surface area contributed by atoms with Gasteiger partial charge in [-0.25, -0.2) is 0 Å². The summed E-state index contributed by atoms with van der Waals surface area (Å²) in [4.78, 5) is 16.3. The summed E-state index contributed by atoms with van der Waals surface area (Å²) in [5, 5.41) is 0. The number of ether oxygens (including phenoxy) is 2. The van der Waals surface area contributed by atoms with Gasteiger partial charge in [0, 0.05) is 28.0 Å². The number of benzene rings is 1. The molecule has 0 radical (unpaired) electrons. The van der Waals surface area contributed by atoms with E-state index in [-0.39, 0.29) is 5.78 Å². The zero-order chi connectivity index (χ0) is 13.8. The van der Waals surface area contributed by atoms with Gasteiger partial charge in [0.1, 0.15) is 0 Å². The highest BCUT2D eigenvalue weighted by Gasteiger charge is 2.13. The summed E-state index contributed by atoms with van der Waals surface area (Å²) in [6.45, 7) is 0. The molecule has 0 amide bonds. The molecule has 0 unspecified atom stereocenters. The molecule has 0 atom stereocenters. The van der Waals surface area contributed by atoms with Gasteiger partial charge in [-0.3, -0.25) is 9.78 Å². The number of carbonyl (C=O) groups excluding carboxylic acids is 1. The van der Waals surface area contributed by atoms with Crippen LogP contribution in [0.15, 0.2) is 41.1 Å². The van der Waals surface area contributed by atoms with Crippen LogP contribution >= 0.6 is 15.9 Å². The molecule has 1 heterocycles. The fourth-order valence-electron chi connectivity index (χ4n) is 1.68. The van der Waals surface area contributed by atoms with Gasteiger partial charge in [-0.2, -0.15) is 0 Å². The number of halogens is 1. The molecule has 2 aromatic rings. The van der Waals surface area contributed by atoms with E-state index in [0.29, 0.717) is 22.6 Å². The van der Waals surface area contributed by atoms with Crippen molar-refractivity contribution in [2.75, 3.05) is 14.2 Å². The maximum absolute atomic E-state index is 12.3. The van der Waals surface area contributed by atoms with Gasteiger partial charge >= 0.3 is 0 Å². The van der Waals surface area contributed by atoms with Gasteiger partial charge in [-0.1, -0.05) is 0 Å². The minimum Gasteiger partial charge on any atom is -0.493 e. The van der Waals surface area contributed by atoms with Crippen LogP contribution < -0.4 is 9.47 Å². The largest absolute Gasteiger partial charge is 0.493 e. The number of carbonyl (C=O) groups is 1. The number of pyridine rings is 1. The van der Waals surface area contributed by atoms with Gasteiger partial charge in [0.25, 0.3) is 0 Å². The first-order valence-corrected chi connectivity index (χ1v) is 6.32. The predicted octanol–water partition coefficient (Wildman–Crippen LogP) is 3.09. The molecule has 0 aliphatic rings. The summed E-state index contributed by atoms with van der Waals surface area (Å²) < 4.78 is 11.1. The molecule has 0 spiro atoms. The second-order valence-corrected chi connectivity index (χ2v) is 4.71. The van der Waals surface area contributed by atoms with E-state index in [4.69, 9.17) is 9.47 Å². The number of hydrogen-bond donors (Lipinski definition) is 0. The van der Waals surface area contributed by atoms with Crippen molar-refractivity contribution < 1.29 is 14.3 Å². The highest BCUT2D eigenvalue weighted by atomic mass is 79.9. The number of aromatic nitrogens is 1. The van der Waals surface area contributed by atoms with E-state index < -0.39 is 0 Å². The van der Waals surface area contributed by atoms with Crippen molar-refractivity contribution in [3.8, 4) is 11.5 Å². The highest BCUT2D eigenvalue weighted by molar-refractivity contribution is 9.10. The fraction of sp³-hybridized carbons (Fsp3) is 0.143. The van der Waals surface area contributed by atoms with Crippen molar-refractivity contribution in [3.63, 3.8) is 0 Å². The van der Waals surface area contributed by atoms with E-state index in [0.717, 1.165) is 4.47 Å². The minimum atomic E-state index is -0.116. The lowest BCUT2D eigenvalue weighted by atomic mass is 10.0. The molecule has 0 N–H and O–H groups in total. The molecule has 0 saturated carbocycles. The summed E-state index contributed by atoms with van der Waals surface area (Å²) in [6.07, 6.45) is 3.16. The monoisotopic (exact) mass is 321 g/mol. The first-order valence-electron chi connectivity index (χ1n) is 5.53. The van der Waals surface area contributed by atoms with Crippen LogP contribution in [0.3, 0.4) is 0 Å². The predicted molar refractivity (Wildman–Crippen MR) is 74.9 cm³/mol. The fourth-order valence-corrected chi connectivity index (χ4v) is 2.05. The van der Waals surface area contributed by atoms with E-state index in [2.05, 4.69) is 20.9 Å². The third-order valence-electron chi connectivity index (χ3n) is 2.61. The van der Waals surface area contributed by atoms with Gasteiger partial charge < -0.3 is 9.47 Å². The molecule has 0 aliphatic heterocycles. The molecule has 1 aromatic heterocycles. The summed E-state index contributed by atoms with van der Waals surface area (Å²) in [7, 11) is 3.09. The maximum Gasteiger partial charge on any atom is 0.194 e. The number of nitrogens with zero attached hydrogens (tertiary/aromatic N) is 1. The van der Waals surface area contributed by atoms with Crippen LogP contribution in [0.4, 0.5) is 0 Å². The average molecular weight is 322 g/mol. The summed E-state index contributed by atoms with van der Waals surface area (Å²) in [5.41, 5.74) is 1.04. The number of rotatable bonds is 4. The molecule has 5 heteroatoms. The van der Waals surface area contributed by atoms with Gasteiger partial charge in [0.2, 0.25) is 0 Å². The molecule has 0 aliphatic carbocycles. The highest BCUT2D eigenvalue weighted by Crippen LogP contribution is 2.28. The first-order chi connectivity index (χ1) is 9.15. The van der Waals surface area contributed by atoms with E-state index in [1.807, 2.05) is 0 Å². The van der Waals surface area contributed by atoms with Crippen molar-refractivity contribution in [1.82, 2.24) is 4.98 Å². The van der Waals surface area contributed by atoms with Crippen molar-refractivity contribution in [2.45, 2.75) is 0 Å². The van der Waals surface area contributed by atoms with E-state index in [1.165, 1.54) is 13.3 Å². The molecule has 0 bridgehead atoms. The van der Waals surface area contributed by atoms with Crippen LogP contribution in [-0.4, -0.2) is 25.0 Å². The lowest BCUT2D eigenvalue weighted by Crippen LogP contribution is -2.03. The quantitative estimate of drug-likeness (QED) is 0.812. The second kappa shape index (κ2) is 5.84. The van der Waals surface area contributed by atoms with Crippen molar-refractivity contribution in [2.24, 2.45) is 0 Å². The zero-order valence-electron chi connectivity index (χ0n) is 10.5. The Morgan fingerprint density at radius 1 is 1.05 bits per heavy atom. The third-order valence-corrected chi connectivity index (χ3v) is 3.05. The molecule has 0 fully saturated rings. The molecule has 4 nitrogen and oxygen atoms in total. The number of methoxy groups -OCH3 is 2. The Hall–Kier alpha value is -1.88. The van der Waals surface area contributed by atoms with Crippen LogP contribution in [0.1, 0.15) is 15.9 Å². The molecule has 19 heavy (non-hydrogen) atoms. The summed E-state index contributed by atoms with van der Waals surface area (Å²) in [5.74, 6) is 0.998. The molecular weight excluding hydrogens is 310 g/mol. The Labute approximate surface area is 119 Å². The van der Waals surface area contributed by atoms with E-state index in [9.17, 15) is 4.79 Å². The van der Waals surface area contributed by atoms with Gasteiger partial charge in [0.15, 0.2) is 17.3 Å². The van der Waals surface area contributed by atoms with Gasteiger partial charge in [0.05, 0.1) is 14.2 Å². The Kier molecular flexibility index (Phi) is 4.16. The third kappa shape index (κ3) is 2.93. The summed E-state index contributed by atoms with van der Waals surface area (Å²) in [6, 6.07) is 6.79. The topological polar surface area (TPSA) is 48.4 Å². The molecule has 2 rings (SSSR count). The zero-order valence-corrected chi connectivity index (χ0v) is 12.1. The molecule has 1 aromatic carbocycles. The molecule has 0 saturated heterocycles. The lowest BCUT2D eigenvalue weighted by Gasteiger charge is -2.09. The number of hydrogen-bond acceptors (Lipinski definition) is 4. The van der Waals surface area contributed by atoms with Crippen LogP contribution in [0.2, 0.25) is 0 Å². The van der Waals surface area contributed by atoms with Crippen LogP contribution in [-0.2, 0) is 0 Å². The number of ketones is 1. The second-order valence-electron chi connectivity index (χ2n) is 3.79. The molecular formula is C14H12BrNO3. The Morgan fingerprint density at radius 3 is 2.42 bits per heavy atom. The average Bonchev–Trinajstić information content (AvgIpc) is 2.45. The first kappa shape index (κ1) is 13.5. The van der Waals surface area contributed by atoms with Crippen LogP contribution in [0, 0.1) is 0 Å². The Balaban J connectivity index is 2.39. The normalized spacial score (nSPS) is 10.1. The van der Waals surface area contributed by atoms with Crippen molar-refractivity contribution >= 4 is 21.7 Å². The SMILES string of the molecule is COc1ccc(C(=O)c2cncc(Br)c2)cc1OC. The minimum absolute atomic E-state index is 0.116. The van der Waals surface area contributed by atoms with Crippen molar-refractivity contribution in [1.29, 1.82) is 0 Å². The van der Waals surface area contributed by atoms with Crippen molar-refractivity contribution in [3.05, 3.63) is 52.3 Å². The maximum atomic E-state index is 12.3. The standard InChI is InChI=1S/C14H12BrNO3/c1-18-12-4-3-9(6-13(12)19-2)14(17)10-5-11(15)8-16-7-10/h3-8H,1-2H3. The van der Waals surface area contributed by atoms with E-state index >= 15 is 0 Å². The van der Waals surface area contributed by atoms with E-state index in [1.54, 1.807) is 37.6 Å². The Bertz CT molecular complexity index is 613. The van der Waals surface area contributed by atoms with Crippen LogP contribution in [0.5, 0.6) is 11.5 Å². The van der Waals surface area contributed by atoms with Crippen LogP contribution in [0.25, 0.3) is 0 Å². The summed E-state index contributed by atoms with van der Waals surface area (Å²) >= 11 is 3.29.